The van der Waals surface area contributed by atoms with Crippen LogP contribution in [0.4, 0.5) is 0 Å². The maximum absolute atomic E-state index is 6.43. The summed E-state index contributed by atoms with van der Waals surface area (Å²) in [5.41, 5.74) is 9.00. The van der Waals surface area contributed by atoms with Crippen molar-refractivity contribution in [3.63, 3.8) is 0 Å². The number of hydrogen-bond donors (Lipinski definition) is 0. The van der Waals surface area contributed by atoms with Gasteiger partial charge in [0.1, 0.15) is 11.2 Å². The molecule has 4 nitrogen and oxygen atoms in total. The van der Waals surface area contributed by atoms with Crippen LogP contribution >= 0.6 is 0 Å². The van der Waals surface area contributed by atoms with Crippen molar-refractivity contribution < 1.29 is 4.42 Å². The number of fused-ring (bicyclic) bond motifs is 9. The van der Waals surface area contributed by atoms with Gasteiger partial charge in [-0.05, 0) is 78.8 Å². The second kappa shape index (κ2) is 12.6. The molecule has 2 aromatic heterocycles. The second-order valence-corrected chi connectivity index (χ2v) is 14.0. The van der Waals surface area contributed by atoms with Gasteiger partial charge in [-0.3, -0.25) is 0 Å². The van der Waals surface area contributed by atoms with E-state index in [1.807, 2.05) is 72.8 Å². The lowest BCUT2D eigenvalue weighted by atomic mass is 9.91. The molecule has 0 N–H and O–H groups in total. The first-order valence-corrected chi connectivity index (χ1v) is 18.5. The molecule has 0 unspecified atom stereocenters. The Balaban J connectivity index is 1.01. The molecule has 0 radical (unpaired) electrons. The number of nitrogens with zero attached hydrogens (tertiary/aromatic N) is 3. The fourth-order valence-corrected chi connectivity index (χ4v) is 8.06. The molecule has 0 amide bonds. The van der Waals surface area contributed by atoms with Crippen molar-refractivity contribution in [3.8, 4) is 56.4 Å². The molecule has 4 heteroatoms. The molecule has 0 saturated heterocycles. The van der Waals surface area contributed by atoms with Crippen molar-refractivity contribution in [3.05, 3.63) is 188 Å². The van der Waals surface area contributed by atoms with Crippen molar-refractivity contribution in [2.75, 3.05) is 0 Å². The minimum Gasteiger partial charge on any atom is -0.456 e. The first kappa shape index (κ1) is 31.1. The van der Waals surface area contributed by atoms with Crippen LogP contribution in [0.25, 0.3) is 111 Å². The highest BCUT2D eigenvalue weighted by atomic mass is 16.3. The van der Waals surface area contributed by atoms with Crippen LogP contribution in [0.2, 0.25) is 0 Å². The van der Waals surface area contributed by atoms with Crippen LogP contribution in [0.3, 0.4) is 0 Å². The number of rotatable bonds is 5. The van der Waals surface area contributed by atoms with Crippen LogP contribution in [0.5, 0.6) is 0 Å². The van der Waals surface area contributed by atoms with Crippen LogP contribution in [0.1, 0.15) is 0 Å². The quantitative estimate of drug-likeness (QED) is 0.168. The molecule has 0 bridgehead atoms. The van der Waals surface area contributed by atoms with E-state index >= 15 is 0 Å². The Hall–Kier alpha value is -7.43. The molecule has 2 heterocycles. The molecule has 0 aliphatic rings. The van der Waals surface area contributed by atoms with Crippen molar-refractivity contribution in [1.29, 1.82) is 0 Å². The summed E-state index contributed by atoms with van der Waals surface area (Å²) >= 11 is 0. The summed E-state index contributed by atoms with van der Waals surface area (Å²) in [6.07, 6.45) is 0. The van der Waals surface area contributed by atoms with E-state index in [1.54, 1.807) is 0 Å². The van der Waals surface area contributed by atoms with E-state index in [2.05, 4.69) is 115 Å². The summed E-state index contributed by atoms with van der Waals surface area (Å²) < 4.78 is 6.43. The fraction of sp³-hybridized carbons (Fsp3) is 0. The van der Waals surface area contributed by atoms with E-state index in [1.165, 1.54) is 43.4 Å². The zero-order valence-electron chi connectivity index (χ0n) is 29.6. The highest BCUT2D eigenvalue weighted by Gasteiger charge is 2.18. The number of aromatic nitrogens is 3. The molecule has 256 valence electrons. The SMILES string of the molecule is c1ccc(-c2nc(-c3ccccc3)nc(-c3cccc4oc5ccc(-c6ccc(-c7ccc8c9ccccc9c9ccccc9c8c7)cc6)cc5c34)n2)cc1. The summed E-state index contributed by atoms with van der Waals surface area (Å²) in [5, 5.41) is 9.69. The summed E-state index contributed by atoms with van der Waals surface area (Å²) in [6, 6.07) is 65.9. The predicted molar refractivity (Wildman–Crippen MR) is 227 cm³/mol. The highest BCUT2D eigenvalue weighted by Crippen LogP contribution is 2.40. The summed E-state index contributed by atoms with van der Waals surface area (Å²) in [6.45, 7) is 0. The minimum atomic E-state index is 0.604. The zero-order valence-corrected chi connectivity index (χ0v) is 29.6. The van der Waals surface area contributed by atoms with Crippen molar-refractivity contribution in [1.82, 2.24) is 15.0 Å². The lowest BCUT2D eigenvalue weighted by Crippen LogP contribution is -2.00. The molecule has 0 atom stereocenters. The second-order valence-electron chi connectivity index (χ2n) is 14.0. The largest absolute Gasteiger partial charge is 0.456 e. The highest BCUT2D eigenvalue weighted by molar-refractivity contribution is 6.25. The maximum Gasteiger partial charge on any atom is 0.164 e. The lowest BCUT2D eigenvalue weighted by Gasteiger charge is -2.12. The maximum atomic E-state index is 6.43. The molecule has 9 aromatic carbocycles. The standard InChI is InChI=1S/C51H31N3O/c1-3-12-34(13-4-1)49-52-50(35-14-5-2-6-15-35)54-51(53-49)43-20-11-21-47-48(43)45-31-37(27-29-46(45)55-47)33-24-22-32(23-25-33)36-26-28-42-40-18-8-7-16-38(40)39-17-9-10-19-41(39)44(42)30-36/h1-31H. The van der Waals surface area contributed by atoms with Crippen LogP contribution in [0.15, 0.2) is 192 Å². The Morgan fingerprint density at radius 1 is 0.273 bits per heavy atom. The average Bonchev–Trinajstić information content (AvgIpc) is 3.65. The summed E-state index contributed by atoms with van der Waals surface area (Å²) in [4.78, 5) is 15.0. The Kier molecular flexibility index (Phi) is 7.14. The minimum absolute atomic E-state index is 0.604. The zero-order chi connectivity index (χ0) is 36.3. The predicted octanol–water partition coefficient (Wildman–Crippen LogP) is 13.6. The van der Waals surface area contributed by atoms with Crippen LogP contribution in [-0.2, 0) is 0 Å². The fourth-order valence-electron chi connectivity index (χ4n) is 8.06. The summed E-state index contributed by atoms with van der Waals surface area (Å²) in [5.74, 6) is 1.86. The Bertz CT molecular complexity index is 3150. The number of benzene rings is 9. The van der Waals surface area contributed by atoms with Gasteiger partial charge in [-0.15, -0.1) is 0 Å². The van der Waals surface area contributed by atoms with Gasteiger partial charge in [-0.1, -0.05) is 164 Å². The van der Waals surface area contributed by atoms with E-state index in [9.17, 15) is 0 Å². The van der Waals surface area contributed by atoms with Gasteiger partial charge in [0, 0.05) is 27.5 Å². The molecule has 0 aliphatic carbocycles. The third-order valence-corrected chi connectivity index (χ3v) is 10.7. The third kappa shape index (κ3) is 5.26. The molecule has 55 heavy (non-hydrogen) atoms. The molecule has 0 aliphatic heterocycles. The van der Waals surface area contributed by atoms with Gasteiger partial charge in [0.25, 0.3) is 0 Å². The van der Waals surface area contributed by atoms with E-state index in [-0.39, 0.29) is 0 Å². The smallest absolute Gasteiger partial charge is 0.164 e. The molecule has 0 fully saturated rings. The van der Waals surface area contributed by atoms with Gasteiger partial charge in [-0.2, -0.15) is 0 Å². The normalized spacial score (nSPS) is 11.6. The monoisotopic (exact) mass is 701 g/mol. The molecular weight excluding hydrogens is 671 g/mol. The van der Waals surface area contributed by atoms with Gasteiger partial charge in [-0.25, -0.2) is 15.0 Å². The lowest BCUT2D eigenvalue weighted by molar-refractivity contribution is 0.669. The topological polar surface area (TPSA) is 51.8 Å². The molecule has 11 rings (SSSR count). The first-order valence-electron chi connectivity index (χ1n) is 18.5. The van der Waals surface area contributed by atoms with Crippen molar-refractivity contribution in [2.45, 2.75) is 0 Å². The molecule has 0 spiro atoms. The van der Waals surface area contributed by atoms with Crippen LogP contribution in [0, 0.1) is 0 Å². The van der Waals surface area contributed by atoms with Gasteiger partial charge in [0.05, 0.1) is 0 Å². The average molecular weight is 702 g/mol. The van der Waals surface area contributed by atoms with E-state index in [4.69, 9.17) is 19.4 Å². The third-order valence-electron chi connectivity index (χ3n) is 10.7. The number of hydrogen-bond acceptors (Lipinski definition) is 4. The Labute approximate surface area is 317 Å². The van der Waals surface area contributed by atoms with Gasteiger partial charge in [0.2, 0.25) is 0 Å². The van der Waals surface area contributed by atoms with Crippen molar-refractivity contribution in [2.24, 2.45) is 0 Å². The van der Waals surface area contributed by atoms with Gasteiger partial charge >= 0.3 is 0 Å². The molecular formula is C51H31N3O. The molecule has 0 saturated carbocycles. The van der Waals surface area contributed by atoms with Gasteiger partial charge in [0.15, 0.2) is 17.5 Å². The van der Waals surface area contributed by atoms with E-state index in [0.29, 0.717) is 17.5 Å². The Morgan fingerprint density at radius 3 is 1.31 bits per heavy atom. The summed E-state index contributed by atoms with van der Waals surface area (Å²) in [7, 11) is 0. The van der Waals surface area contributed by atoms with Crippen molar-refractivity contribution >= 4 is 54.3 Å². The van der Waals surface area contributed by atoms with Gasteiger partial charge < -0.3 is 4.42 Å². The van der Waals surface area contributed by atoms with Crippen LogP contribution < -0.4 is 0 Å². The van der Waals surface area contributed by atoms with E-state index < -0.39 is 0 Å². The Morgan fingerprint density at radius 2 is 0.727 bits per heavy atom. The first-order chi connectivity index (χ1) is 27.2. The number of furan rings is 1. The van der Waals surface area contributed by atoms with E-state index in [0.717, 1.165) is 49.8 Å². The molecule has 11 aromatic rings. The van der Waals surface area contributed by atoms with Crippen LogP contribution in [-0.4, -0.2) is 15.0 Å².